The second kappa shape index (κ2) is 4.23. The highest BCUT2D eigenvalue weighted by atomic mass is 79.9. The number of rotatable bonds is 3. The van der Waals surface area contributed by atoms with Crippen LogP contribution in [-0.4, -0.2) is 11.1 Å². The van der Waals surface area contributed by atoms with Gasteiger partial charge in [-0.3, -0.25) is 0 Å². The quantitative estimate of drug-likeness (QED) is 0.652. The predicted molar refractivity (Wildman–Crippen MR) is 54.9 cm³/mol. The summed E-state index contributed by atoms with van der Waals surface area (Å²) in [4.78, 5) is 10.3. The minimum atomic E-state index is -0.981. The Morgan fingerprint density at radius 3 is 2.38 bits per heavy atom. The van der Waals surface area contributed by atoms with E-state index in [-0.39, 0.29) is 10.4 Å². The van der Waals surface area contributed by atoms with Crippen molar-refractivity contribution in [1.82, 2.24) is 0 Å². The van der Waals surface area contributed by atoms with E-state index in [9.17, 15) is 4.79 Å². The third-order valence-electron chi connectivity index (χ3n) is 1.67. The molecule has 1 unspecified atom stereocenters. The second-order valence-corrected chi connectivity index (χ2v) is 3.52. The fourth-order valence-corrected chi connectivity index (χ4v) is 1.43. The van der Waals surface area contributed by atoms with Crippen molar-refractivity contribution >= 4 is 21.9 Å². The van der Waals surface area contributed by atoms with Gasteiger partial charge in [0.15, 0.2) is 0 Å². The zero-order valence-corrected chi connectivity index (χ0v) is 8.49. The number of carboxylic acids is 1. The number of aliphatic carboxylic acids is 1. The van der Waals surface area contributed by atoms with E-state index in [4.69, 9.17) is 5.11 Å². The second-order valence-electron chi connectivity index (χ2n) is 2.60. The molecule has 1 aromatic carbocycles. The Labute approximate surface area is 85.0 Å². The molecule has 0 radical (unpaired) electrons. The number of hydrogen-bond donors (Lipinski definition) is 1. The van der Waals surface area contributed by atoms with E-state index in [0.717, 1.165) is 5.56 Å². The summed E-state index contributed by atoms with van der Waals surface area (Å²) in [5, 5.41) is 8.68. The van der Waals surface area contributed by atoms with E-state index in [2.05, 4.69) is 22.5 Å². The van der Waals surface area contributed by atoms with Gasteiger partial charge < -0.3 is 5.11 Å². The molecular formula is C10H9BrO2. The number of halogens is 1. The van der Waals surface area contributed by atoms with Gasteiger partial charge in [0.25, 0.3) is 0 Å². The fraction of sp³-hybridized carbons (Fsp3) is 0.100. The van der Waals surface area contributed by atoms with Gasteiger partial charge in [0, 0.05) is 5.57 Å². The lowest BCUT2D eigenvalue weighted by Gasteiger charge is -2.08. The molecule has 0 bridgehead atoms. The van der Waals surface area contributed by atoms with Gasteiger partial charge in [-0.1, -0.05) is 52.8 Å². The van der Waals surface area contributed by atoms with Crippen LogP contribution in [0, 0.1) is 0 Å². The molecule has 0 fully saturated rings. The molecule has 3 heteroatoms. The summed E-state index contributed by atoms with van der Waals surface area (Å²) in [6.07, 6.45) is 0. The molecule has 13 heavy (non-hydrogen) atoms. The molecule has 68 valence electrons. The zero-order chi connectivity index (χ0) is 9.84. The van der Waals surface area contributed by atoms with Crippen molar-refractivity contribution < 1.29 is 9.90 Å². The van der Waals surface area contributed by atoms with E-state index < -0.39 is 5.97 Å². The largest absolute Gasteiger partial charge is 0.478 e. The molecule has 0 aliphatic rings. The summed E-state index contributed by atoms with van der Waals surface area (Å²) in [6, 6.07) is 9.31. The van der Waals surface area contributed by atoms with Crippen LogP contribution in [0.4, 0.5) is 0 Å². The van der Waals surface area contributed by atoms with Crippen LogP contribution in [-0.2, 0) is 4.79 Å². The zero-order valence-electron chi connectivity index (χ0n) is 6.90. The first-order chi connectivity index (χ1) is 6.13. The first-order valence-electron chi connectivity index (χ1n) is 3.74. The van der Waals surface area contributed by atoms with Crippen LogP contribution in [0.3, 0.4) is 0 Å². The Kier molecular flexibility index (Phi) is 3.25. The first-order valence-corrected chi connectivity index (χ1v) is 4.65. The van der Waals surface area contributed by atoms with Crippen LogP contribution in [0.5, 0.6) is 0 Å². The Balaban J connectivity index is 2.86. The summed E-state index contributed by atoms with van der Waals surface area (Å²) in [6.45, 7) is 3.48. The predicted octanol–water partition coefficient (Wildman–Crippen LogP) is 2.76. The van der Waals surface area contributed by atoms with Gasteiger partial charge in [-0.2, -0.15) is 0 Å². The molecule has 1 atom stereocenters. The number of hydrogen-bond acceptors (Lipinski definition) is 1. The highest BCUT2D eigenvalue weighted by molar-refractivity contribution is 9.09. The normalized spacial score (nSPS) is 12.1. The minimum Gasteiger partial charge on any atom is -0.478 e. The molecule has 1 rings (SSSR count). The van der Waals surface area contributed by atoms with E-state index in [1.165, 1.54) is 0 Å². The van der Waals surface area contributed by atoms with E-state index in [0.29, 0.717) is 0 Å². The van der Waals surface area contributed by atoms with Gasteiger partial charge in [0.2, 0.25) is 0 Å². The molecular weight excluding hydrogens is 232 g/mol. The van der Waals surface area contributed by atoms with Gasteiger partial charge in [-0.15, -0.1) is 0 Å². The minimum absolute atomic E-state index is 0.145. The molecule has 0 aliphatic heterocycles. The summed E-state index contributed by atoms with van der Waals surface area (Å²) in [5.74, 6) is -0.981. The summed E-state index contributed by atoms with van der Waals surface area (Å²) in [7, 11) is 0. The molecule has 0 amide bonds. The Morgan fingerprint density at radius 2 is 1.92 bits per heavy atom. The van der Waals surface area contributed by atoms with Crippen molar-refractivity contribution in [1.29, 1.82) is 0 Å². The van der Waals surface area contributed by atoms with Crippen LogP contribution in [0.15, 0.2) is 42.5 Å². The molecule has 2 nitrogen and oxygen atoms in total. The van der Waals surface area contributed by atoms with Gasteiger partial charge >= 0.3 is 5.97 Å². The first kappa shape index (κ1) is 9.99. The van der Waals surface area contributed by atoms with Gasteiger partial charge in [-0.25, -0.2) is 4.79 Å². The molecule has 0 spiro atoms. The van der Waals surface area contributed by atoms with Crippen molar-refractivity contribution in [3.8, 4) is 0 Å². The maximum absolute atomic E-state index is 10.6. The Bertz CT molecular complexity index is 319. The van der Waals surface area contributed by atoms with Gasteiger partial charge in [0.1, 0.15) is 0 Å². The van der Waals surface area contributed by atoms with Crippen LogP contribution in [0.2, 0.25) is 0 Å². The Hall–Kier alpha value is -1.09. The summed E-state index contributed by atoms with van der Waals surface area (Å²) >= 11 is 3.27. The van der Waals surface area contributed by atoms with Crippen molar-refractivity contribution in [2.45, 2.75) is 4.83 Å². The van der Waals surface area contributed by atoms with Crippen molar-refractivity contribution in [2.75, 3.05) is 0 Å². The maximum Gasteiger partial charge on any atom is 0.332 e. The monoisotopic (exact) mass is 240 g/mol. The van der Waals surface area contributed by atoms with Crippen molar-refractivity contribution in [2.24, 2.45) is 0 Å². The highest BCUT2D eigenvalue weighted by Crippen LogP contribution is 2.29. The molecule has 0 saturated carbocycles. The molecule has 1 N–H and O–H groups in total. The van der Waals surface area contributed by atoms with E-state index >= 15 is 0 Å². The van der Waals surface area contributed by atoms with Crippen LogP contribution in [0.1, 0.15) is 10.4 Å². The standard InChI is InChI=1S/C10H9BrO2/c1-7(10(12)13)9(11)8-5-3-2-4-6-8/h2-6,9H,1H2,(H,12,13). The summed E-state index contributed by atoms with van der Waals surface area (Å²) < 4.78 is 0. The smallest absolute Gasteiger partial charge is 0.332 e. The van der Waals surface area contributed by atoms with E-state index in [1.54, 1.807) is 0 Å². The number of alkyl halides is 1. The number of carboxylic acid groups (broad SMARTS) is 1. The third-order valence-corrected chi connectivity index (χ3v) is 2.75. The molecule has 0 saturated heterocycles. The molecule has 0 aromatic heterocycles. The average molecular weight is 241 g/mol. The molecule has 0 aliphatic carbocycles. The van der Waals surface area contributed by atoms with E-state index in [1.807, 2.05) is 30.3 Å². The van der Waals surface area contributed by atoms with Crippen molar-refractivity contribution in [3.63, 3.8) is 0 Å². The fourth-order valence-electron chi connectivity index (χ4n) is 0.932. The lowest BCUT2D eigenvalue weighted by Crippen LogP contribution is -2.04. The SMILES string of the molecule is C=C(C(=O)O)C(Br)c1ccccc1. The van der Waals surface area contributed by atoms with Crippen LogP contribution in [0.25, 0.3) is 0 Å². The average Bonchev–Trinajstić information content (AvgIpc) is 2.17. The highest BCUT2D eigenvalue weighted by Gasteiger charge is 2.16. The van der Waals surface area contributed by atoms with Crippen LogP contribution < -0.4 is 0 Å². The number of carbonyl (C=O) groups is 1. The summed E-state index contributed by atoms with van der Waals surface area (Å²) in [5.41, 5.74) is 1.04. The lowest BCUT2D eigenvalue weighted by atomic mass is 10.1. The molecule has 0 heterocycles. The number of benzene rings is 1. The lowest BCUT2D eigenvalue weighted by molar-refractivity contribution is -0.132. The van der Waals surface area contributed by atoms with Gasteiger partial charge in [-0.05, 0) is 5.56 Å². The topological polar surface area (TPSA) is 37.3 Å². The third kappa shape index (κ3) is 2.42. The van der Waals surface area contributed by atoms with Crippen LogP contribution >= 0.6 is 15.9 Å². The van der Waals surface area contributed by atoms with Gasteiger partial charge in [0.05, 0.1) is 4.83 Å². The molecule has 1 aromatic rings. The Morgan fingerprint density at radius 1 is 1.38 bits per heavy atom. The maximum atomic E-state index is 10.6. The van der Waals surface area contributed by atoms with Crippen molar-refractivity contribution in [3.05, 3.63) is 48.0 Å².